The highest BCUT2D eigenvalue weighted by molar-refractivity contribution is 5.74. The summed E-state index contributed by atoms with van der Waals surface area (Å²) in [7, 11) is 0. The van der Waals surface area contributed by atoms with E-state index in [4.69, 9.17) is 4.74 Å². The molecule has 0 spiro atoms. The molecule has 0 aliphatic carbocycles. The lowest BCUT2D eigenvalue weighted by Crippen LogP contribution is -2.20. The number of halogens is 3. The maximum absolute atomic E-state index is 13.3. The monoisotopic (exact) mass is 449 g/mol. The first-order valence-corrected chi connectivity index (χ1v) is 11.1. The van der Waals surface area contributed by atoms with Crippen LogP contribution in [0.4, 0.5) is 24.5 Å². The molecular formula is C28H26F3NO. The molecule has 1 heterocycles. The molecule has 2 nitrogen and oxygen atoms in total. The maximum Gasteiger partial charge on any atom is 0.416 e. The number of ether oxygens (including phenoxy) is 1. The first-order valence-electron chi connectivity index (χ1n) is 11.1. The molecule has 0 fully saturated rings. The molecule has 1 atom stereocenters. The number of alkyl halides is 3. The van der Waals surface area contributed by atoms with E-state index in [0.717, 1.165) is 47.8 Å². The number of unbranched alkanes of at least 4 members (excludes halogenated alkanes) is 1. The topological polar surface area (TPSA) is 12.5 Å². The molecule has 33 heavy (non-hydrogen) atoms. The fourth-order valence-corrected chi connectivity index (χ4v) is 3.95. The summed E-state index contributed by atoms with van der Waals surface area (Å²) in [6.07, 6.45) is -1.75. The summed E-state index contributed by atoms with van der Waals surface area (Å²) in [5.74, 6) is 3.24. The van der Waals surface area contributed by atoms with E-state index in [1.165, 1.54) is 18.6 Å². The molecule has 0 N–H and O–H groups in total. The van der Waals surface area contributed by atoms with Gasteiger partial charge in [0.1, 0.15) is 5.75 Å². The van der Waals surface area contributed by atoms with Crippen molar-refractivity contribution < 1.29 is 17.9 Å². The van der Waals surface area contributed by atoms with Crippen molar-refractivity contribution in [3.05, 3.63) is 88.5 Å². The average molecular weight is 450 g/mol. The minimum Gasteiger partial charge on any atom is -0.473 e. The van der Waals surface area contributed by atoms with Crippen LogP contribution in [0, 0.1) is 25.8 Å². The Morgan fingerprint density at radius 1 is 0.970 bits per heavy atom. The number of anilines is 2. The Bertz CT molecular complexity index is 1200. The fraction of sp³-hybridized carbons (Fsp3) is 0.286. The van der Waals surface area contributed by atoms with Crippen molar-refractivity contribution in [1.82, 2.24) is 0 Å². The number of rotatable bonds is 6. The zero-order valence-electron chi connectivity index (χ0n) is 19.0. The third kappa shape index (κ3) is 5.01. The van der Waals surface area contributed by atoms with Crippen molar-refractivity contribution in [1.29, 1.82) is 0 Å². The molecule has 0 saturated carbocycles. The second-order valence-electron chi connectivity index (χ2n) is 8.40. The van der Waals surface area contributed by atoms with Gasteiger partial charge in [0.05, 0.1) is 16.9 Å². The summed E-state index contributed by atoms with van der Waals surface area (Å²) in [6, 6.07) is 21.5. The van der Waals surface area contributed by atoms with Gasteiger partial charge in [-0.05, 0) is 80.1 Å². The number of aryl methyl sites for hydroxylation is 3. The van der Waals surface area contributed by atoms with Gasteiger partial charge in [0, 0.05) is 11.6 Å². The van der Waals surface area contributed by atoms with Crippen molar-refractivity contribution >= 4 is 11.4 Å². The van der Waals surface area contributed by atoms with Crippen molar-refractivity contribution in [2.24, 2.45) is 0 Å². The third-order valence-electron chi connectivity index (χ3n) is 5.80. The largest absolute Gasteiger partial charge is 0.473 e. The molecule has 5 heteroatoms. The van der Waals surface area contributed by atoms with Gasteiger partial charge < -0.3 is 4.74 Å². The highest BCUT2D eigenvalue weighted by Crippen LogP contribution is 2.39. The van der Waals surface area contributed by atoms with Gasteiger partial charge in [-0.2, -0.15) is 13.2 Å². The van der Waals surface area contributed by atoms with E-state index in [2.05, 4.69) is 43.2 Å². The SMILES string of the molecule is CCCCc1ccc(N2C#CC(Oc3ccc(C)c(C(F)(F)F)c3)c3cc(C)ccc32)cc1. The second-order valence-corrected chi connectivity index (χ2v) is 8.40. The minimum atomic E-state index is -4.43. The van der Waals surface area contributed by atoms with E-state index >= 15 is 0 Å². The Balaban J connectivity index is 1.66. The molecule has 1 aliphatic rings. The van der Waals surface area contributed by atoms with Gasteiger partial charge in [-0.3, -0.25) is 4.90 Å². The van der Waals surface area contributed by atoms with Crippen LogP contribution in [0.1, 0.15) is 53.7 Å². The Labute approximate surface area is 193 Å². The van der Waals surface area contributed by atoms with Gasteiger partial charge in [-0.25, -0.2) is 0 Å². The highest BCUT2D eigenvalue weighted by Gasteiger charge is 2.33. The van der Waals surface area contributed by atoms with Gasteiger partial charge in [-0.15, -0.1) is 0 Å². The van der Waals surface area contributed by atoms with E-state index in [0.29, 0.717) is 0 Å². The summed E-state index contributed by atoms with van der Waals surface area (Å²) < 4.78 is 46.0. The number of hydrogen-bond acceptors (Lipinski definition) is 2. The molecule has 1 unspecified atom stereocenters. The first kappa shape index (κ1) is 22.8. The van der Waals surface area contributed by atoms with Gasteiger partial charge in [0.25, 0.3) is 0 Å². The molecule has 4 rings (SSSR count). The summed E-state index contributed by atoms with van der Waals surface area (Å²) >= 11 is 0. The maximum atomic E-state index is 13.3. The van der Waals surface area contributed by atoms with Crippen molar-refractivity contribution in [3.8, 4) is 17.7 Å². The molecule has 0 saturated heterocycles. The van der Waals surface area contributed by atoms with Crippen LogP contribution in [-0.2, 0) is 12.6 Å². The summed E-state index contributed by atoms with van der Waals surface area (Å²) in [4.78, 5) is 1.91. The molecule has 0 radical (unpaired) electrons. The predicted molar refractivity (Wildman–Crippen MR) is 126 cm³/mol. The Morgan fingerprint density at radius 2 is 1.73 bits per heavy atom. The van der Waals surface area contributed by atoms with E-state index in [-0.39, 0.29) is 11.3 Å². The van der Waals surface area contributed by atoms with Crippen molar-refractivity contribution in [2.75, 3.05) is 4.90 Å². The van der Waals surface area contributed by atoms with E-state index in [1.54, 1.807) is 6.07 Å². The van der Waals surface area contributed by atoms with Crippen molar-refractivity contribution in [2.45, 2.75) is 52.3 Å². The van der Waals surface area contributed by atoms with E-state index in [1.807, 2.05) is 30.0 Å². The van der Waals surface area contributed by atoms with Crippen LogP contribution in [0.5, 0.6) is 5.75 Å². The van der Waals surface area contributed by atoms with Crippen LogP contribution in [0.25, 0.3) is 0 Å². The molecule has 3 aromatic carbocycles. The highest BCUT2D eigenvalue weighted by atomic mass is 19.4. The van der Waals surface area contributed by atoms with Crippen LogP contribution < -0.4 is 9.64 Å². The van der Waals surface area contributed by atoms with Crippen LogP contribution in [0.2, 0.25) is 0 Å². The standard InChI is InChI=1S/C28H26F3NO/c1-4-5-6-21-9-11-22(12-10-21)32-16-15-27(24-17-19(2)7-14-26(24)32)33-23-13-8-20(3)25(18-23)28(29,30)31/h7-14,17-18,27H,4-6H2,1-3H3. The van der Waals surface area contributed by atoms with Gasteiger partial charge >= 0.3 is 6.18 Å². The molecular weight excluding hydrogens is 423 g/mol. The fourth-order valence-electron chi connectivity index (χ4n) is 3.95. The molecule has 0 amide bonds. The van der Waals surface area contributed by atoms with Gasteiger partial charge in [0.15, 0.2) is 6.10 Å². The van der Waals surface area contributed by atoms with Crippen LogP contribution in [0.3, 0.4) is 0 Å². The molecule has 3 aromatic rings. The van der Waals surface area contributed by atoms with Crippen LogP contribution in [0.15, 0.2) is 60.7 Å². The minimum absolute atomic E-state index is 0.147. The molecule has 1 aliphatic heterocycles. The summed E-state index contributed by atoms with van der Waals surface area (Å²) in [5, 5.41) is 0. The Hall–Kier alpha value is -3.39. The van der Waals surface area contributed by atoms with Crippen LogP contribution >= 0.6 is 0 Å². The average Bonchev–Trinajstić information content (AvgIpc) is 2.79. The summed E-state index contributed by atoms with van der Waals surface area (Å²) in [5.41, 5.74) is 4.43. The molecule has 0 aromatic heterocycles. The van der Waals surface area contributed by atoms with Crippen LogP contribution in [-0.4, -0.2) is 0 Å². The quantitative estimate of drug-likeness (QED) is 0.355. The Kier molecular flexibility index (Phi) is 6.37. The lowest BCUT2D eigenvalue weighted by Gasteiger charge is -2.28. The normalized spacial score (nSPS) is 15.0. The predicted octanol–water partition coefficient (Wildman–Crippen LogP) is 7.90. The number of fused-ring (bicyclic) bond motifs is 1. The van der Waals surface area contributed by atoms with Gasteiger partial charge in [0.2, 0.25) is 0 Å². The van der Waals surface area contributed by atoms with E-state index in [9.17, 15) is 13.2 Å². The molecule has 0 bridgehead atoms. The van der Waals surface area contributed by atoms with Gasteiger partial charge in [-0.1, -0.05) is 43.2 Å². The third-order valence-corrected chi connectivity index (χ3v) is 5.80. The smallest absolute Gasteiger partial charge is 0.416 e. The zero-order valence-corrected chi connectivity index (χ0v) is 19.0. The lowest BCUT2D eigenvalue weighted by atomic mass is 10.00. The summed E-state index contributed by atoms with van der Waals surface area (Å²) in [6.45, 7) is 5.59. The first-order chi connectivity index (χ1) is 15.8. The number of benzene rings is 3. The Morgan fingerprint density at radius 3 is 2.42 bits per heavy atom. The lowest BCUT2D eigenvalue weighted by molar-refractivity contribution is -0.138. The van der Waals surface area contributed by atoms with Crippen molar-refractivity contribution in [3.63, 3.8) is 0 Å². The number of nitrogens with zero attached hydrogens (tertiary/aromatic N) is 1. The second kappa shape index (κ2) is 9.23. The van der Waals surface area contributed by atoms with E-state index < -0.39 is 17.8 Å². The molecule has 170 valence electrons. The number of hydrogen-bond donors (Lipinski definition) is 0. The zero-order chi connectivity index (χ0) is 23.6.